The third-order valence-electron chi connectivity index (χ3n) is 4.48. The summed E-state index contributed by atoms with van der Waals surface area (Å²) >= 11 is 1.53. The zero-order valence-electron chi connectivity index (χ0n) is 14.0. The molecule has 25 heavy (non-hydrogen) atoms. The summed E-state index contributed by atoms with van der Waals surface area (Å²) in [5.74, 6) is 0.970. The second-order valence-corrected chi connectivity index (χ2v) is 7.29. The molecular weight excluding hydrogens is 336 g/mol. The zero-order chi connectivity index (χ0) is 17.2. The summed E-state index contributed by atoms with van der Waals surface area (Å²) in [6, 6.07) is 6.12. The highest BCUT2D eigenvalue weighted by Gasteiger charge is 2.22. The van der Waals surface area contributed by atoms with E-state index in [1.807, 2.05) is 31.5 Å². The van der Waals surface area contributed by atoms with Gasteiger partial charge in [-0.3, -0.25) is 0 Å². The van der Waals surface area contributed by atoms with Crippen molar-refractivity contribution in [3.05, 3.63) is 36.4 Å². The number of aryl methyl sites for hydroxylation is 1. The lowest BCUT2D eigenvalue weighted by Crippen LogP contribution is -2.33. The molecule has 1 aromatic carbocycles. The van der Waals surface area contributed by atoms with Gasteiger partial charge in [0.2, 0.25) is 0 Å². The smallest absolute Gasteiger partial charge is 0.185 e. The van der Waals surface area contributed by atoms with Gasteiger partial charge in [0, 0.05) is 36.9 Å². The van der Waals surface area contributed by atoms with Crippen molar-refractivity contribution in [2.24, 2.45) is 5.92 Å². The number of anilines is 1. The first-order chi connectivity index (χ1) is 12.2. The van der Waals surface area contributed by atoms with Gasteiger partial charge in [-0.15, -0.1) is 0 Å². The van der Waals surface area contributed by atoms with Gasteiger partial charge in [-0.1, -0.05) is 23.5 Å². The predicted molar refractivity (Wildman–Crippen MR) is 98.6 cm³/mol. The van der Waals surface area contributed by atoms with Crippen LogP contribution in [0.1, 0.15) is 18.7 Å². The summed E-state index contributed by atoms with van der Waals surface area (Å²) < 4.78 is 5.34. The van der Waals surface area contributed by atoms with Crippen LogP contribution in [0.2, 0.25) is 0 Å². The normalized spacial score (nSPS) is 16.9. The first kappa shape index (κ1) is 16.4. The molecule has 3 aromatic rings. The van der Waals surface area contributed by atoms with E-state index >= 15 is 0 Å². The molecule has 1 unspecified atom stereocenters. The molecule has 0 amide bonds. The number of rotatable bonds is 4. The van der Waals surface area contributed by atoms with Crippen LogP contribution in [0.15, 0.2) is 30.6 Å². The van der Waals surface area contributed by atoms with Crippen LogP contribution in [0, 0.1) is 12.8 Å². The Morgan fingerprint density at radius 2 is 2.08 bits per heavy atom. The molecule has 1 aliphatic rings. The first-order valence-electron chi connectivity index (χ1n) is 8.41. The van der Waals surface area contributed by atoms with E-state index < -0.39 is 6.23 Å². The molecule has 1 atom stereocenters. The summed E-state index contributed by atoms with van der Waals surface area (Å²) in [4.78, 5) is 14.2. The summed E-state index contributed by atoms with van der Waals surface area (Å²) in [6.07, 6.45) is 4.83. The molecule has 0 saturated carbocycles. The molecule has 4 rings (SSSR count). The van der Waals surface area contributed by atoms with E-state index in [4.69, 9.17) is 4.74 Å². The molecule has 0 bridgehead atoms. The Morgan fingerprint density at radius 1 is 1.24 bits per heavy atom. The topological polar surface area (TPSA) is 80.2 Å². The SMILES string of the molecule is Cc1ncc2ccc(-c3cnc(NC(O)C4CCOCC4)s3)cc2n1. The molecule has 1 fully saturated rings. The lowest BCUT2D eigenvalue weighted by atomic mass is 9.98. The van der Waals surface area contributed by atoms with E-state index in [2.05, 4.69) is 26.3 Å². The molecule has 2 aromatic heterocycles. The average molecular weight is 356 g/mol. The largest absolute Gasteiger partial charge is 0.381 e. The number of ether oxygens (including phenoxy) is 1. The Bertz CT molecular complexity index is 876. The Morgan fingerprint density at radius 3 is 2.92 bits per heavy atom. The van der Waals surface area contributed by atoms with Gasteiger partial charge in [0.15, 0.2) is 5.13 Å². The van der Waals surface area contributed by atoms with Gasteiger partial charge in [-0.2, -0.15) is 0 Å². The lowest BCUT2D eigenvalue weighted by molar-refractivity contribution is 0.0184. The third kappa shape index (κ3) is 3.63. The standard InChI is InChI=1S/C18H20N4O2S/c1-11-19-9-14-3-2-13(8-15(14)21-11)16-10-20-18(25-16)22-17(23)12-4-6-24-7-5-12/h2-3,8-10,12,17,23H,4-7H2,1H3,(H,20,22). The second-order valence-electron chi connectivity index (χ2n) is 6.26. The quantitative estimate of drug-likeness (QED) is 0.699. The van der Waals surface area contributed by atoms with Crippen molar-refractivity contribution >= 4 is 27.4 Å². The van der Waals surface area contributed by atoms with Crippen LogP contribution >= 0.6 is 11.3 Å². The van der Waals surface area contributed by atoms with E-state index in [0.717, 1.165) is 45.1 Å². The molecule has 3 heterocycles. The second kappa shape index (κ2) is 7.03. The van der Waals surface area contributed by atoms with Crippen LogP contribution in [-0.4, -0.2) is 39.5 Å². The fraction of sp³-hybridized carbons (Fsp3) is 0.389. The molecule has 0 spiro atoms. The van der Waals surface area contributed by atoms with Crippen molar-refractivity contribution in [3.63, 3.8) is 0 Å². The van der Waals surface area contributed by atoms with Crippen LogP contribution in [-0.2, 0) is 4.74 Å². The summed E-state index contributed by atoms with van der Waals surface area (Å²) in [6.45, 7) is 3.31. The van der Waals surface area contributed by atoms with Gasteiger partial charge in [0.1, 0.15) is 12.1 Å². The first-order valence-corrected chi connectivity index (χ1v) is 9.23. The Kier molecular flexibility index (Phi) is 4.61. The maximum atomic E-state index is 10.4. The number of thiazole rings is 1. The summed E-state index contributed by atoms with van der Waals surface area (Å²) in [5, 5.41) is 15.2. The maximum Gasteiger partial charge on any atom is 0.185 e. The van der Waals surface area contributed by atoms with Crippen LogP contribution < -0.4 is 5.32 Å². The third-order valence-corrected chi connectivity index (χ3v) is 5.45. The minimum absolute atomic E-state index is 0.210. The van der Waals surface area contributed by atoms with E-state index in [1.165, 1.54) is 11.3 Å². The van der Waals surface area contributed by atoms with Crippen molar-refractivity contribution in [3.8, 4) is 10.4 Å². The van der Waals surface area contributed by atoms with Gasteiger partial charge >= 0.3 is 0 Å². The van der Waals surface area contributed by atoms with Crippen LogP contribution in [0.25, 0.3) is 21.3 Å². The van der Waals surface area contributed by atoms with E-state index in [-0.39, 0.29) is 5.92 Å². The lowest BCUT2D eigenvalue weighted by Gasteiger charge is -2.26. The molecule has 0 radical (unpaired) electrons. The number of nitrogens with zero attached hydrogens (tertiary/aromatic N) is 3. The van der Waals surface area contributed by atoms with Crippen molar-refractivity contribution in [1.82, 2.24) is 15.0 Å². The number of aromatic nitrogens is 3. The number of hydrogen-bond acceptors (Lipinski definition) is 7. The number of aliphatic hydroxyl groups is 1. The van der Waals surface area contributed by atoms with Crippen molar-refractivity contribution in [2.45, 2.75) is 26.0 Å². The van der Waals surface area contributed by atoms with Crippen molar-refractivity contribution in [2.75, 3.05) is 18.5 Å². The fourth-order valence-corrected chi connectivity index (χ4v) is 3.86. The number of hydrogen-bond donors (Lipinski definition) is 2. The fourth-order valence-electron chi connectivity index (χ4n) is 3.02. The monoisotopic (exact) mass is 356 g/mol. The highest BCUT2D eigenvalue weighted by atomic mass is 32.1. The van der Waals surface area contributed by atoms with Crippen molar-refractivity contribution in [1.29, 1.82) is 0 Å². The number of nitrogens with one attached hydrogen (secondary N) is 1. The van der Waals surface area contributed by atoms with Gasteiger partial charge in [0.25, 0.3) is 0 Å². The maximum absolute atomic E-state index is 10.4. The number of aliphatic hydroxyl groups excluding tert-OH is 1. The Labute approximate surface area is 149 Å². The minimum Gasteiger partial charge on any atom is -0.381 e. The summed E-state index contributed by atoms with van der Waals surface area (Å²) in [7, 11) is 0. The number of fused-ring (bicyclic) bond motifs is 1. The highest BCUT2D eigenvalue weighted by molar-refractivity contribution is 7.18. The van der Waals surface area contributed by atoms with Gasteiger partial charge in [0.05, 0.1) is 10.4 Å². The Balaban J connectivity index is 1.52. The molecule has 7 heteroatoms. The molecule has 130 valence electrons. The van der Waals surface area contributed by atoms with E-state index in [1.54, 1.807) is 0 Å². The van der Waals surface area contributed by atoms with Gasteiger partial charge in [-0.05, 0) is 31.4 Å². The molecule has 6 nitrogen and oxygen atoms in total. The van der Waals surface area contributed by atoms with Gasteiger partial charge in [-0.25, -0.2) is 15.0 Å². The molecular formula is C18H20N4O2S. The molecule has 2 N–H and O–H groups in total. The van der Waals surface area contributed by atoms with Crippen molar-refractivity contribution < 1.29 is 9.84 Å². The number of benzene rings is 1. The molecule has 0 aliphatic carbocycles. The zero-order valence-corrected chi connectivity index (χ0v) is 14.8. The molecule has 1 aliphatic heterocycles. The molecule has 1 saturated heterocycles. The van der Waals surface area contributed by atoms with Crippen LogP contribution in [0.3, 0.4) is 0 Å². The van der Waals surface area contributed by atoms with Crippen LogP contribution in [0.4, 0.5) is 5.13 Å². The predicted octanol–water partition coefficient (Wildman–Crippen LogP) is 3.22. The minimum atomic E-state index is -0.588. The summed E-state index contributed by atoms with van der Waals surface area (Å²) in [5.41, 5.74) is 1.99. The van der Waals surface area contributed by atoms with E-state index in [0.29, 0.717) is 13.2 Å². The van der Waals surface area contributed by atoms with Gasteiger partial charge < -0.3 is 15.2 Å². The highest BCUT2D eigenvalue weighted by Crippen LogP contribution is 2.31. The van der Waals surface area contributed by atoms with E-state index in [9.17, 15) is 5.11 Å². The Hall–Kier alpha value is -2.09. The average Bonchev–Trinajstić information content (AvgIpc) is 3.10. The van der Waals surface area contributed by atoms with Crippen LogP contribution in [0.5, 0.6) is 0 Å².